The fraction of sp³-hybridized carbons (Fsp3) is 0.538. The van der Waals surface area contributed by atoms with Crippen LogP contribution in [0.2, 0.25) is 0 Å². The first-order chi connectivity index (χ1) is 17.8. The average molecular weight is 535 g/mol. The Hall–Kier alpha value is -2.89. The number of piperazine rings is 1. The average Bonchev–Trinajstić information content (AvgIpc) is 2.89. The summed E-state index contributed by atoms with van der Waals surface area (Å²) < 4.78 is 0. The third-order valence-corrected chi connectivity index (χ3v) is 5.88. The number of benzene rings is 1. The normalized spacial score (nSPS) is 14.1. The first-order valence-corrected chi connectivity index (χ1v) is 13.7. The Labute approximate surface area is 226 Å². The number of unbranched alkanes of at least 4 members (excludes halogenated alkanes) is 1. The number of carbonyl (C=O) groups is 2. The van der Waals surface area contributed by atoms with Gasteiger partial charge in [0.15, 0.2) is 11.1 Å². The number of nitrogens with two attached hydrogens (primary N) is 4. The van der Waals surface area contributed by atoms with E-state index in [0.29, 0.717) is 19.6 Å². The Morgan fingerprint density at radius 3 is 2.11 bits per heavy atom. The number of aliphatic imine (C=N–C) groups is 2. The Bertz CT molecular complexity index is 888. The van der Waals surface area contributed by atoms with Crippen LogP contribution in [0.5, 0.6) is 0 Å². The van der Waals surface area contributed by atoms with Crippen molar-refractivity contribution in [3.63, 3.8) is 0 Å². The van der Waals surface area contributed by atoms with Crippen LogP contribution in [0.4, 0.5) is 5.69 Å². The maximum Gasteiger partial charge on any atom is 0.244 e. The number of hydrogen-bond acceptors (Lipinski definition) is 6. The minimum Gasteiger partial charge on any atom is -0.378 e. The summed E-state index contributed by atoms with van der Waals surface area (Å²) in [6.07, 6.45) is 4.87. The molecule has 1 aromatic rings. The molecule has 2 amide bonds. The molecule has 1 fully saturated rings. The van der Waals surface area contributed by atoms with Gasteiger partial charge >= 0.3 is 0 Å². The van der Waals surface area contributed by atoms with E-state index in [4.69, 9.17) is 22.9 Å². The minimum atomic E-state index is -0.322. The number of nitrogens with zero attached hydrogens (tertiary/aromatic N) is 4. The van der Waals surface area contributed by atoms with Crippen LogP contribution in [0.15, 0.2) is 45.2 Å². The van der Waals surface area contributed by atoms with E-state index in [1.54, 1.807) is 4.90 Å². The van der Waals surface area contributed by atoms with Gasteiger partial charge < -0.3 is 27.8 Å². The lowest BCUT2D eigenvalue weighted by Crippen LogP contribution is -2.50. The van der Waals surface area contributed by atoms with E-state index in [2.05, 4.69) is 21.0 Å². The van der Waals surface area contributed by atoms with Gasteiger partial charge in [0.1, 0.15) is 0 Å². The largest absolute Gasteiger partial charge is 0.378 e. The van der Waals surface area contributed by atoms with Gasteiger partial charge in [0.25, 0.3) is 0 Å². The molecule has 1 aliphatic heterocycles. The lowest BCUT2D eigenvalue weighted by Gasteiger charge is -2.34. The number of rotatable bonds is 9. The van der Waals surface area contributed by atoms with Crippen molar-refractivity contribution in [3.8, 4) is 0 Å². The maximum absolute atomic E-state index is 11.8. The van der Waals surface area contributed by atoms with E-state index in [0.717, 1.165) is 42.9 Å². The summed E-state index contributed by atoms with van der Waals surface area (Å²) in [5.74, 6) is -0.306. The van der Waals surface area contributed by atoms with Crippen molar-refractivity contribution in [2.24, 2.45) is 32.9 Å². The summed E-state index contributed by atoms with van der Waals surface area (Å²) in [4.78, 5) is 36.0. The van der Waals surface area contributed by atoms with E-state index >= 15 is 0 Å². The molecule has 2 rings (SSSR count). The Balaban J connectivity index is 0.00000308. The fourth-order valence-corrected chi connectivity index (χ4v) is 4.30. The topological polar surface area (TPSA) is 169 Å². The zero-order valence-corrected chi connectivity index (χ0v) is 23.9. The standard InChI is InChI=1S/C22H34N8O2S.2C2H6/c1-16(31)27-22(26)33-19(15-29-10-12-30(13-11-29)20(32)14-23)5-3-2-4-17-6-8-18(9-7-17)28-21(24)25;2*1-2/h5-9H,2-4,10-15,23H2,1H3,(H4,24,25,28)(H2,26,27,31);2*1-2H3/b19-5+;;. The summed E-state index contributed by atoms with van der Waals surface area (Å²) in [7, 11) is 0. The van der Waals surface area contributed by atoms with Crippen molar-refractivity contribution in [3.05, 3.63) is 40.8 Å². The second kappa shape index (κ2) is 20.2. The molecule has 1 aromatic carbocycles. The first-order valence-electron chi connectivity index (χ1n) is 12.9. The van der Waals surface area contributed by atoms with Gasteiger partial charge in [0.2, 0.25) is 11.8 Å². The summed E-state index contributed by atoms with van der Waals surface area (Å²) >= 11 is 1.32. The van der Waals surface area contributed by atoms with E-state index in [-0.39, 0.29) is 29.5 Å². The quantitative estimate of drug-likeness (QED) is 0.213. The molecule has 208 valence electrons. The molecule has 1 heterocycles. The highest BCUT2D eigenvalue weighted by Gasteiger charge is 2.21. The molecule has 8 N–H and O–H groups in total. The van der Waals surface area contributed by atoms with Crippen molar-refractivity contribution >= 4 is 40.4 Å². The number of guanidine groups is 1. The van der Waals surface area contributed by atoms with Crippen LogP contribution >= 0.6 is 11.8 Å². The summed E-state index contributed by atoms with van der Waals surface area (Å²) in [5.41, 5.74) is 24.1. The van der Waals surface area contributed by atoms with Crippen molar-refractivity contribution in [1.82, 2.24) is 9.80 Å². The maximum atomic E-state index is 11.8. The van der Waals surface area contributed by atoms with Crippen molar-refractivity contribution in [2.45, 2.75) is 53.9 Å². The number of amides is 2. The summed E-state index contributed by atoms with van der Waals surface area (Å²) in [6.45, 7) is 12.9. The highest BCUT2D eigenvalue weighted by atomic mass is 32.2. The third kappa shape index (κ3) is 15.1. The number of carbonyl (C=O) groups excluding carboxylic acids is 2. The molecule has 0 aromatic heterocycles. The lowest BCUT2D eigenvalue weighted by molar-refractivity contribution is -0.131. The van der Waals surface area contributed by atoms with Crippen LogP contribution in [-0.4, -0.2) is 72.0 Å². The van der Waals surface area contributed by atoms with Gasteiger partial charge in [-0.25, -0.2) is 4.99 Å². The molecule has 0 radical (unpaired) electrons. The Morgan fingerprint density at radius 1 is 1.00 bits per heavy atom. The second-order valence-corrected chi connectivity index (χ2v) is 8.84. The molecule has 0 aliphatic carbocycles. The van der Waals surface area contributed by atoms with E-state index in [9.17, 15) is 9.59 Å². The molecule has 10 nitrogen and oxygen atoms in total. The van der Waals surface area contributed by atoms with Crippen LogP contribution in [0, 0.1) is 0 Å². The molecule has 0 spiro atoms. The smallest absolute Gasteiger partial charge is 0.244 e. The molecule has 0 unspecified atom stereocenters. The van der Waals surface area contributed by atoms with Crippen molar-refractivity contribution < 1.29 is 9.59 Å². The molecule has 37 heavy (non-hydrogen) atoms. The minimum absolute atomic E-state index is 0.0241. The lowest BCUT2D eigenvalue weighted by atomic mass is 10.1. The SMILES string of the molecule is CC.CC.CC(=O)N=C(N)S/C(=C/CCCc1ccc(N=C(N)N)cc1)CN1CCN(C(=O)CN)CC1. The molecule has 1 aliphatic rings. The summed E-state index contributed by atoms with van der Waals surface area (Å²) in [5, 5.41) is 0.237. The predicted octanol–water partition coefficient (Wildman–Crippen LogP) is 2.55. The van der Waals surface area contributed by atoms with E-state index < -0.39 is 0 Å². The van der Waals surface area contributed by atoms with Crippen LogP contribution < -0.4 is 22.9 Å². The van der Waals surface area contributed by atoms with E-state index in [1.807, 2.05) is 52.0 Å². The first kappa shape index (κ1) is 34.1. The van der Waals surface area contributed by atoms with Gasteiger partial charge in [-0.1, -0.05) is 57.7 Å². The molecular weight excluding hydrogens is 488 g/mol. The van der Waals surface area contributed by atoms with Crippen LogP contribution in [0.3, 0.4) is 0 Å². The van der Waals surface area contributed by atoms with Crippen LogP contribution in [-0.2, 0) is 16.0 Å². The Morgan fingerprint density at radius 2 is 1.59 bits per heavy atom. The Kier molecular flexibility index (Phi) is 18.6. The third-order valence-electron chi connectivity index (χ3n) is 5.02. The number of aryl methyl sites for hydroxylation is 1. The number of allylic oxidation sites excluding steroid dienone is 1. The van der Waals surface area contributed by atoms with Crippen LogP contribution in [0.1, 0.15) is 53.0 Å². The monoisotopic (exact) mass is 534 g/mol. The molecule has 0 saturated carbocycles. The summed E-state index contributed by atoms with van der Waals surface area (Å²) in [6, 6.07) is 7.81. The zero-order valence-electron chi connectivity index (χ0n) is 23.1. The van der Waals surface area contributed by atoms with Gasteiger partial charge in [-0.3, -0.25) is 14.5 Å². The predicted molar refractivity (Wildman–Crippen MR) is 158 cm³/mol. The molecular formula is C26H46N8O2S. The van der Waals surface area contributed by atoms with E-state index in [1.165, 1.54) is 24.2 Å². The molecule has 11 heteroatoms. The second-order valence-electron chi connectivity index (χ2n) is 7.70. The molecule has 1 saturated heterocycles. The van der Waals surface area contributed by atoms with Crippen molar-refractivity contribution in [2.75, 3.05) is 39.3 Å². The van der Waals surface area contributed by atoms with Gasteiger partial charge in [-0.15, -0.1) is 0 Å². The number of thioether (sulfide) groups is 1. The van der Waals surface area contributed by atoms with Gasteiger partial charge in [-0.05, 0) is 37.0 Å². The number of amidine groups is 1. The molecule has 0 atom stereocenters. The van der Waals surface area contributed by atoms with Gasteiger partial charge in [-0.2, -0.15) is 4.99 Å². The number of hydrogen-bond donors (Lipinski definition) is 4. The van der Waals surface area contributed by atoms with Crippen molar-refractivity contribution in [1.29, 1.82) is 0 Å². The molecule has 0 bridgehead atoms. The van der Waals surface area contributed by atoms with Gasteiger partial charge in [0.05, 0.1) is 12.2 Å². The highest BCUT2D eigenvalue weighted by Crippen LogP contribution is 2.21. The highest BCUT2D eigenvalue weighted by molar-refractivity contribution is 8.17. The fourth-order valence-electron chi connectivity index (χ4n) is 3.41. The zero-order chi connectivity index (χ0) is 28.2. The van der Waals surface area contributed by atoms with Gasteiger partial charge in [0, 0.05) is 44.6 Å². The van der Waals surface area contributed by atoms with Crippen LogP contribution in [0.25, 0.3) is 0 Å².